The van der Waals surface area contributed by atoms with E-state index in [9.17, 15) is 13.6 Å². The van der Waals surface area contributed by atoms with E-state index in [-0.39, 0.29) is 18.5 Å². The van der Waals surface area contributed by atoms with Crippen LogP contribution in [0.1, 0.15) is 18.5 Å². The number of para-hydroxylation sites is 2. The van der Waals surface area contributed by atoms with Crippen molar-refractivity contribution in [3.8, 4) is 11.5 Å². The number of methoxy groups -OCH3 is 1. The van der Waals surface area contributed by atoms with Gasteiger partial charge in [0.05, 0.1) is 13.7 Å². The predicted octanol–water partition coefficient (Wildman–Crippen LogP) is 1.79. The molecule has 0 spiro atoms. The normalized spacial score (nSPS) is 11.7. The summed E-state index contributed by atoms with van der Waals surface area (Å²) in [4.78, 5) is 11.9. The summed E-state index contributed by atoms with van der Waals surface area (Å²) in [5.41, 5.74) is 0.621. The standard InChI is InChI=1S/C19H22F2N2O3/c1-13(14-7-8-15(20)16(21)11-14)23-12-19(24)22-9-10-26-18-6-4-3-5-17(18)25-2/h3-8,11,13,23H,9-10,12H2,1-2H3,(H,22,24)/p+1/t13-/m0/s1. The van der Waals surface area contributed by atoms with Crippen molar-refractivity contribution in [3.63, 3.8) is 0 Å². The van der Waals surface area contributed by atoms with Gasteiger partial charge in [-0.3, -0.25) is 4.79 Å². The molecular weight excluding hydrogens is 342 g/mol. The zero-order chi connectivity index (χ0) is 18.9. The lowest BCUT2D eigenvalue weighted by Gasteiger charge is -2.12. The molecule has 26 heavy (non-hydrogen) atoms. The summed E-state index contributed by atoms with van der Waals surface area (Å²) in [5, 5.41) is 4.50. The van der Waals surface area contributed by atoms with E-state index >= 15 is 0 Å². The number of benzene rings is 2. The van der Waals surface area contributed by atoms with E-state index in [1.807, 2.05) is 19.1 Å². The molecule has 0 saturated carbocycles. The second kappa shape index (κ2) is 9.72. The molecule has 0 aliphatic rings. The number of rotatable bonds is 9. The maximum absolute atomic E-state index is 13.2. The van der Waals surface area contributed by atoms with Crippen molar-refractivity contribution in [2.75, 3.05) is 26.8 Å². The first-order chi connectivity index (χ1) is 12.5. The van der Waals surface area contributed by atoms with Gasteiger partial charge in [-0.2, -0.15) is 0 Å². The Bertz CT molecular complexity index is 740. The van der Waals surface area contributed by atoms with Gasteiger partial charge in [0.2, 0.25) is 0 Å². The Labute approximate surface area is 151 Å². The lowest BCUT2D eigenvalue weighted by Crippen LogP contribution is -2.87. The molecule has 2 aromatic carbocycles. The molecule has 3 N–H and O–H groups in total. The van der Waals surface area contributed by atoms with Crippen molar-refractivity contribution in [2.45, 2.75) is 13.0 Å². The molecule has 0 heterocycles. The first kappa shape index (κ1) is 19.7. The minimum atomic E-state index is -0.888. The number of halogens is 2. The highest BCUT2D eigenvalue weighted by Crippen LogP contribution is 2.25. The largest absolute Gasteiger partial charge is 0.493 e. The molecule has 0 saturated heterocycles. The van der Waals surface area contributed by atoms with Crippen LogP contribution in [0.2, 0.25) is 0 Å². The molecule has 0 fully saturated rings. The highest BCUT2D eigenvalue weighted by atomic mass is 19.2. The number of nitrogens with one attached hydrogen (secondary N) is 1. The van der Waals surface area contributed by atoms with Crippen molar-refractivity contribution < 1.29 is 28.4 Å². The van der Waals surface area contributed by atoms with E-state index < -0.39 is 11.6 Å². The predicted molar refractivity (Wildman–Crippen MR) is 93.1 cm³/mol. The second-order valence-corrected chi connectivity index (χ2v) is 5.75. The zero-order valence-corrected chi connectivity index (χ0v) is 14.8. The summed E-state index contributed by atoms with van der Waals surface area (Å²) in [6, 6.07) is 10.8. The molecule has 140 valence electrons. The molecule has 7 heteroatoms. The smallest absolute Gasteiger partial charge is 0.275 e. The Morgan fingerprint density at radius 1 is 1.15 bits per heavy atom. The Kier molecular flexibility index (Phi) is 7.35. The Morgan fingerprint density at radius 2 is 1.88 bits per heavy atom. The SMILES string of the molecule is COc1ccccc1OCCNC(=O)C[NH2+][C@@H](C)c1ccc(F)c(F)c1. The molecule has 5 nitrogen and oxygen atoms in total. The van der Waals surface area contributed by atoms with E-state index in [0.717, 1.165) is 12.1 Å². The van der Waals surface area contributed by atoms with E-state index in [1.165, 1.54) is 6.07 Å². The second-order valence-electron chi connectivity index (χ2n) is 5.75. The molecule has 0 unspecified atom stereocenters. The van der Waals surface area contributed by atoms with Crippen molar-refractivity contribution in [1.82, 2.24) is 5.32 Å². The van der Waals surface area contributed by atoms with Crippen LogP contribution in [-0.4, -0.2) is 32.7 Å². The summed E-state index contributed by atoms with van der Waals surface area (Å²) < 4.78 is 36.9. The highest BCUT2D eigenvalue weighted by Gasteiger charge is 2.13. The average Bonchev–Trinajstić information content (AvgIpc) is 2.65. The summed E-state index contributed by atoms with van der Waals surface area (Å²) >= 11 is 0. The highest BCUT2D eigenvalue weighted by molar-refractivity contribution is 5.76. The van der Waals surface area contributed by atoms with Gasteiger partial charge in [0.15, 0.2) is 29.7 Å². The quantitative estimate of drug-likeness (QED) is 0.666. The van der Waals surface area contributed by atoms with Crippen LogP contribution in [0.5, 0.6) is 11.5 Å². The summed E-state index contributed by atoms with van der Waals surface area (Å²) in [7, 11) is 1.56. The van der Waals surface area contributed by atoms with Crippen LogP contribution >= 0.6 is 0 Å². The van der Waals surface area contributed by atoms with Gasteiger partial charge in [-0.15, -0.1) is 0 Å². The van der Waals surface area contributed by atoms with Gasteiger partial charge in [0.1, 0.15) is 12.6 Å². The first-order valence-corrected chi connectivity index (χ1v) is 8.32. The van der Waals surface area contributed by atoms with Crippen LogP contribution in [-0.2, 0) is 4.79 Å². The first-order valence-electron chi connectivity index (χ1n) is 8.32. The molecule has 2 rings (SSSR count). The topological polar surface area (TPSA) is 64.2 Å². The molecule has 0 radical (unpaired) electrons. The summed E-state index contributed by atoms with van der Waals surface area (Å²) in [6.07, 6.45) is 0. The number of carbonyl (C=O) groups excluding carboxylic acids is 1. The van der Waals surface area contributed by atoms with Crippen LogP contribution in [0.25, 0.3) is 0 Å². The third kappa shape index (κ3) is 5.70. The fourth-order valence-electron chi connectivity index (χ4n) is 2.38. The number of amides is 1. The summed E-state index contributed by atoms with van der Waals surface area (Å²) in [5.74, 6) is -0.687. The molecule has 2 aromatic rings. The number of quaternary nitrogens is 1. The third-order valence-electron chi connectivity index (χ3n) is 3.88. The van der Waals surface area contributed by atoms with Crippen LogP contribution in [0.15, 0.2) is 42.5 Å². The fourth-order valence-corrected chi connectivity index (χ4v) is 2.38. The molecule has 0 aliphatic heterocycles. The maximum Gasteiger partial charge on any atom is 0.275 e. The van der Waals surface area contributed by atoms with E-state index in [0.29, 0.717) is 30.2 Å². The van der Waals surface area contributed by atoms with Crippen LogP contribution < -0.4 is 20.1 Å². The van der Waals surface area contributed by atoms with Crippen molar-refractivity contribution in [2.24, 2.45) is 0 Å². The van der Waals surface area contributed by atoms with Gasteiger partial charge >= 0.3 is 0 Å². The van der Waals surface area contributed by atoms with Gasteiger partial charge in [0, 0.05) is 5.56 Å². The van der Waals surface area contributed by atoms with Crippen molar-refractivity contribution in [3.05, 3.63) is 59.7 Å². The number of carbonyl (C=O) groups is 1. The third-order valence-corrected chi connectivity index (χ3v) is 3.88. The van der Waals surface area contributed by atoms with E-state index in [4.69, 9.17) is 9.47 Å². The van der Waals surface area contributed by atoms with Crippen LogP contribution in [0.3, 0.4) is 0 Å². The van der Waals surface area contributed by atoms with Gasteiger partial charge < -0.3 is 20.1 Å². The molecule has 0 aliphatic carbocycles. The average molecular weight is 365 g/mol. The summed E-state index contributed by atoms with van der Waals surface area (Å²) in [6.45, 7) is 2.66. The van der Waals surface area contributed by atoms with Gasteiger partial charge in [-0.25, -0.2) is 8.78 Å². The minimum Gasteiger partial charge on any atom is -0.493 e. The Hall–Kier alpha value is -2.67. The van der Waals surface area contributed by atoms with Crippen LogP contribution in [0.4, 0.5) is 8.78 Å². The lowest BCUT2D eigenvalue weighted by molar-refractivity contribution is -0.682. The van der Waals surface area contributed by atoms with Gasteiger partial charge in [0.25, 0.3) is 5.91 Å². The minimum absolute atomic E-state index is 0.164. The molecular formula is C19H23F2N2O3+. The number of ether oxygens (including phenoxy) is 2. The van der Waals surface area contributed by atoms with Gasteiger partial charge in [-0.05, 0) is 37.3 Å². The van der Waals surface area contributed by atoms with Crippen molar-refractivity contribution in [1.29, 1.82) is 0 Å². The Morgan fingerprint density at radius 3 is 2.58 bits per heavy atom. The molecule has 1 amide bonds. The zero-order valence-electron chi connectivity index (χ0n) is 14.8. The monoisotopic (exact) mass is 365 g/mol. The van der Waals surface area contributed by atoms with E-state index in [2.05, 4.69) is 5.32 Å². The Balaban J connectivity index is 1.69. The lowest BCUT2D eigenvalue weighted by atomic mass is 10.1. The maximum atomic E-state index is 13.2. The van der Waals surface area contributed by atoms with Crippen molar-refractivity contribution >= 4 is 5.91 Å². The van der Waals surface area contributed by atoms with Gasteiger partial charge in [-0.1, -0.05) is 12.1 Å². The number of hydrogen-bond donors (Lipinski definition) is 2. The molecule has 0 bridgehead atoms. The molecule has 1 atom stereocenters. The number of nitrogens with two attached hydrogens (primary N) is 1. The number of hydrogen-bond acceptors (Lipinski definition) is 3. The van der Waals surface area contributed by atoms with Crippen LogP contribution in [0, 0.1) is 11.6 Å². The molecule has 0 aromatic heterocycles. The van der Waals surface area contributed by atoms with E-state index in [1.54, 1.807) is 24.6 Å². The fraction of sp³-hybridized carbons (Fsp3) is 0.316.